The lowest BCUT2D eigenvalue weighted by atomic mass is 9.55. The molecule has 3 aliphatic carbocycles. The van der Waals surface area contributed by atoms with Crippen LogP contribution in [0.5, 0.6) is 0 Å². The summed E-state index contributed by atoms with van der Waals surface area (Å²) in [6, 6.07) is 5.05. The number of halogens is 1. The maximum absolute atomic E-state index is 13.9. The van der Waals surface area contributed by atoms with Gasteiger partial charge in [-0.25, -0.2) is 4.39 Å². The molecule has 4 aliphatic rings. The van der Waals surface area contributed by atoms with Gasteiger partial charge in [0.1, 0.15) is 17.7 Å². The van der Waals surface area contributed by atoms with Gasteiger partial charge in [0, 0.05) is 30.6 Å². The SMILES string of the molecule is O=CC[C@@H]1CC[C@H]2[C@@H]3CCc4ccc(F)cc4[C@H]3[C@H]3C[C@@]12OC3=O. The molecule has 1 aliphatic heterocycles. The molecule has 0 N–H and O–H groups in total. The Morgan fingerprint density at radius 2 is 2.17 bits per heavy atom. The molecule has 5 rings (SSSR count). The molecule has 2 saturated carbocycles. The highest BCUT2D eigenvalue weighted by Crippen LogP contribution is 2.65. The first-order valence-electron chi connectivity index (χ1n) is 9.09. The highest BCUT2D eigenvalue weighted by molar-refractivity contribution is 5.78. The molecule has 4 heteroatoms. The van der Waals surface area contributed by atoms with Crippen LogP contribution in [0.1, 0.15) is 49.1 Å². The maximum atomic E-state index is 13.9. The van der Waals surface area contributed by atoms with Gasteiger partial charge in [-0.2, -0.15) is 0 Å². The van der Waals surface area contributed by atoms with E-state index in [1.807, 2.05) is 6.07 Å². The van der Waals surface area contributed by atoms with E-state index in [1.165, 1.54) is 11.6 Å². The molecule has 2 bridgehead atoms. The van der Waals surface area contributed by atoms with Gasteiger partial charge < -0.3 is 9.53 Å². The number of carbonyl (C=O) groups is 2. The molecule has 0 aromatic heterocycles. The van der Waals surface area contributed by atoms with Crippen molar-refractivity contribution < 1.29 is 18.7 Å². The van der Waals surface area contributed by atoms with Gasteiger partial charge in [0.25, 0.3) is 0 Å². The summed E-state index contributed by atoms with van der Waals surface area (Å²) in [6.07, 6.45) is 6.14. The normalized spacial score (nSPS) is 42.0. The Hall–Kier alpha value is -1.71. The summed E-state index contributed by atoms with van der Waals surface area (Å²) < 4.78 is 19.9. The second-order valence-electron chi connectivity index (χ2n) is 8.04. The number of ether oxygens (including phenoxy) is 1. The summed E-state index contributed by atoms with van der Waals surface area (Å²) in [6.45, 7) is 0. The van der Waals surface area contributed by atoms with Gasteiger partial charge in [0.15, 0.2) is 0 Å². The fourth-order valence-corrected chi connectivity index (χ4v) is 6.47. The van der Waals surface area contributed by atoms with Gasteiger partial charge in [0.05, 0.1) is 5.92 Å². The number of fused-ring (bicyclic) bond motifs is 6. The topological polar surface area (TPSA) is 43.4 Å². The molecule has 6 atom stereocenters. The first-order chi connectivity index (χ1) is 11.6. The Labute approximate surface area is 140 Å². The second-order valence-corrected chi connectivity index (χ2v) is 8.04. The van der Waals surface area contributed by atoms with Crippen LogP contribution in [0, 0.1) is 29.5 Å². The summed E-state index contributed by atoms with van der Waals surface area (Å²) in [7, 11) is 0. The maximum Gasteiger partial charge on any atom is 0.310 e. The number of hydrogen-bond donors (Lipinski definition) is 0. The van der Waals surface area contributed by atoms with Gasteiger partial charge in [-0.1, -0.05) is 6.07 Å². The minimum atomic E-state index is -0.422. The quantitative estimate of drug-likeness (QED) is 0.617. The van der Waals surface area contributed by atoms with Crippen LogP contribution in [0.4, 0.5) is 4.39 Å². The molecule has 0 unspecified atom stereocenters. The Bertz CT molecular complexity index is 730. The van der Waals surface area contributed by atoms with Crippen molar-refractivity contribution in [1.29, 1.82) is 0 Å². The second kappa shape index (κ2) is 4.90. The number of rotatable bonds is 2. The molecule has 1 spiro atoms. The number of carbonyl (C=O) groups excluding carboxylic acids is 2. The zero-order valence-corrected chi connectivity index (χ0v) is 13.5. The molecule has 0 radical (unpaired) electrons. The predicted octanol–water partition coefficient (Wildman–Crippen LogP) is 3.40. The zero-order chi connectivity index (χ0) is 16.5. The van der Waals surface area contributed by atoms with Crippen LogP contribution < -0.4 is 0 Å². The standard InChI is InChI=1S/C20H21FO3/c21-13-4-1-11-2-5-14-17-6-3-12(7-8-22)20(17)10-16(19(23)24-20)18(14)15(11)9-13/h1,4,8-9,12,14,16-18H,2-3,5-7,10H2/t12-,14-,16+,17-,18-,20+/m0/s1. The molecule has 1 aromatic rings. The molecule has 1 saturated heterocycles. The smallest absolute Gasteiger partial charge is 0.310 e. The third-order valence-electron chi connectivity index (χ3n) is 7.28. The number of aldehydes is 1. The molecule has 3 fully saturated rings. The predicted molar refractivity (Wildman–Crippen MR) is 84.8 cm³/mol. The number of benzene rings is 1. The summed E-state index contributed by atoms with van der Waals surface area (Å²) >= 11 is 0. The lowest BCUT2D eigenvalue weighted by Gasteiger charge is -2.48. The Balaban J connectivity index is 1.61. The lowest BCUT2D eigenvalue weighted by Crippen LogP contribution is -2.48. The van der Waals surface area contributed by atoms with Crippen molar-refractivity contribution in [2.24, 2.45) is 23.7 Å². The van der Waals surface area contributed by atoms with Crippen molar-refractivity contribution in [3.8, 4) is 0 Å². The van der Waals surface area contributed by atoms with Crippen LogP contribution >= 0.6 is 0 Å². The van der Waals surface area contributed by atoms with E-state index in [2.05, 4.69) is 0 Å². The fraction of sp³-hybridized carbons (Fsp3) is 0.600. The van der Waals surface area contributed by atoms with E-state index in [4.69, 9.17) is 4.74 Å². The summed E-state index contributed by atoms with van der Waals surface area (Å²) in [5.41, 5.74) is 1.80. The van der Waals surface area contributed by atoms with Gasteiger partial charge in [-0.15, -0.1) is 0 Å². The summed E-state index contributed by atoms with van der Waals surface area (Å²) in [5, 5.41) is 0. The van der Waals surface area contributed by atoms with Crippen LogP contribution in [-0.4, -0.2) is 17.9 Å². The largest absolute Gasteiger partial charge is 0.458 e. The van der Waals surface area contributed by atoms with Crippen LogP contribution in [0.25, 0.3) is 0 Å². The minimum absolute atomic E-state index is 0.0903. The third-order valence-corrected chi connectivity index (χ3v) is 7.28. The summed E-state index contributed by atoms with van der Waals surface area (Å²) in [4.78, 5) is 23.8. The van der Waals surface area contributed by atoms with Crippen LogP contribution in [0.15, 0.2) is 18.2 Å². The Morgan fingerprint density at radius 3 is 3.00 bits per heavy atom. The van der Waals surface area contributed by atoms with Crippen LogP contribution in [0.3, 0.4) is 0 Å². The van der Waals surface area contributed by atoms with E-state index in [1.54, 1.807) is 6.07 Å². The number of aryl methyl sites for hydroxylation is 1. The highest BCUT2D eigenvalue weighted by atomic mass is 19.1. The number of hydrogen-bond acceptors (Lipinski definition) is 3. The minimum Gasteiger partial charge on any atom is -0.458 e. The van der Waals surface area contributed by atoms with Crippen molar-refractivity contribution in [1.82, 2.24) is 0 Å². The Kier molecular flexibility index (Phi) is 2.98. The summed E-state index contributed by atoms with van der Waals surface area (Å²) in [5.74, 6) is 0.452. The highest BCUT2D eigenvalue weighted by Gasteiger charge is 2.67. The van der Waals surface area contributed by atoms with Crippen LogP contribution in [0.2, 0.25) is 0 Å². The van der Waals surface area contributed by atoms with Gasteiger partial charge >= 0.3 is 5.97 Å². The lowest BCUT2D eigenvalue weighted by molar-refractivity contribution is -0.156. The van der Waals surface area contributed by atoms with Crippen LogP contribution in [-0.2, 0) is 20.7 Å². The Morgan fingerprint density at radius 1 is 1.29 bits per heavy atom. The number of esters is 1. The van der Waals surface area contributed by atoms with Crippen molar-refractivity contribution >= 4 is 12.3 Å². The van der Waals surface area contributed by atoms with Crippen molar-refractivity contribution in [3.05, 3.63) is 35.1 Å². The third kappa shape index (κ3) is 1.72. The monoisotopic (exact) mass is 328 g/mol. The van der Waals surface area contributed by atoms with Crippen molar-refractivity contribution in [2.45, 2.75) is 50.0 Å². The molecule has 24 heavy (non-hydrogen) atoms. The van der Waals surface area contributed by atoms with E-state index in [-0.39, 0.29) is 29.5 Å². The first-order valence-corrected chi connectivity index (χ1v) is 9.09. The van der Waals surface area contributed by atoms with Crippen molar-refractivity contribution in [3.63, 3.8) is 0 Å². The molecule has 1 heterocycles. The van der Waals surface area contributed by atoms with Gasteiger partial charge in [0.2, 0.25) is 0 Å². The zero-order valence-electron chi connectivity index (χ0n) is 13.5. The average molecular weight is 328 g/mol. The average Bonchev–Trinajstić information content (AvgIpc) is 3.06. The van der Waals surface area contributed by atoms with Gasteiger partial charge in [-0.3, -0.25) is 4.79 Å². The van der Waals surface area contributed by atoms with E-state index < -0.39 is 5.60 Å². The van der Waals surface area contributed by atoms with E-state index in [0.717, 1.165) is 37.5 Å². The van der Waals surface area contributed by atoms with E-state index >= 15 is 0 Å². The molecule has 0 amide bonds. The molecule has 3 nitrogen and oxygen atoms in total. The molecule has 126 valence electrons. The molecular formula is C20H21FO3. The van der Waals surface area contributed by atoms with E-state index in [0.29, 0.717) is 24.7 Å². The first kappa shape index (κ1) is 14.6. The van der Waals surface area contributed by atoms with Crippen molar-refractivity contribution in [2.75, 3.05) is 0 Å². The molecule has 1 aromatic carbocycles. The molecular weight excluding hydrogens is 307 g/mol. The van der Waals surface area contributed by atoms with Gasteiger partial charge in [-0.05, 0) is 54.9 Å². The fourth-order valence-electron chi connectivity index (χ4n) is 6.47. The van der Waals surface area contributed by atoms with E-state index in [9.17, 15) is 14.0 Å².